The molecule has 0 aromatic heterocycles. The van der Waals surface area contributed by atoms with Crippen LogP contribution in [-0.2, 0) is 19.3 Å². The van der Waals surface area contributed by atoms with Crippen molar-refractivity contribution in [2.75, 3.05) is 0 Å². The van der Waals surface area contributed by atoms with Gasteiger partial charge in [-0.1, -0.05) is 56.7 Å². The van der Waals surface area contributed by atoms with Gasteiger partial charge >= 0.3 is 0 Å². The van der Waals surface area contributed by atoms with Gasteiger partial charge in [-0.2, -0.15) is 0 Å². The highest BCUT2D eigenvalue weighted by Crippen LogP contribution is 2.32. The molecule has 2 aromatic rings. The van der Waals surface area contributed by atoms with Crippen molar-refractivity contribution in [2.45, 2.75) is 52.4 Å². The van der Waals surface area contributed by atoms with Gasteiger partial charge in [-0.15, -0.1) is 0 Å². The fraction of sp³-hybridized carbons (Fsp3) is 0.364. The first-order valence-corrected chi connectivity index (χ1v) is 8.82. The van der Waals surface area contributed by atoms with Gasteiger partial charge < -0.3 is 0 Å². The zero-order valence-electron chi connectivity index (χ0n) is 14.2. The molecule has 1 aliphatic rings. The summed E-state index contributed by atoms with van der Waals surface area (Å²) in [7, 11) is 0. The zero-order valence-corrected chi connectivity index (χ0v) is 14.2. The summed E-state index contributed by atoms with van der Waals surface area (Å²) in [6, 6.07) is 12.7. The minimum atomic E-state index is -0.0707. The Morgan fingerprint density at radius 2 is 1.78 bits per heavy atom. The molecule has 0 radical (unpaired) electrons. The lowest BCUT2D eigenvalue weighted by atomic mass is 9.87. The number of fused-ring (bicyclic) bond motifs is 1. The predicted octanol–water partition coefficient (Wildman–Crippen LogP) is 6.22. The van der Waals surface area contributed by atoms with Crippen molar-refractivity contribution in [3.63, 3.8) is 0 Å². The first-order valence-electron chi connectivity index (χ1n) is 8.82. The zero-order chi connectivity index (χ0) is 16.2. The summed E-state index contributed by atoms with van der Waals surface area (Å²) in [6.45, 7) is 4.23. The van der Waals surface area contributed by atoms with Crippen LogP contribution in [-0.4, -0.2) is 0 Å². The van der Waals surface area contributed by atoms with E-state index >= 15 is 0 Å². The number of allylic oxidation sites excluding steroid dienone is 1. The maximum Gasteiger partial charge on any atom is 0.127 e. The molecule has 23 heavy (non-hydrogen) atoms. The summed E-state index contributed by atoms with van der Waals surface area (Å²) in [5.41, 5.74) is 7.17. The van der Waals surface area contributed by atoms with E-state index in [0.717, 1.165) is 36.8 Å². The predicted molar refractivity (Wildman–Crippen MR) is 97.0 cm³/mol. The number of benzene rings is 2. The summed E-state index contributed by atoms with van der Waals surface area (Å²) >= 11 is 0. The van der Waals surface area contributed by atoms with Gasteiger partial charge in [-0.05, 0) is 71.6 Å². The van der Waals surface area contributed by atoms with E-state index in [4.69, 9.17) is 0 Å². The second-order valence-corrected chi connectivity index (χ2v) is 6.47. The van der Waals surface area contributed by atoms with Crippen molar-refractivity contribution in [1.29, 1.82) is 0 Å². The Labute approximate surface area is 139 Å². The highest BCUT2D eigenvalue weighted by Gasteiger charge is 2.14. The van der Waals surface area contributed by atoms with Gasteiger partial charge in [0, 0.05) is 0 Å². The molecule has 0 fully saturated rings. The van der Waals surface area contributed by atoms with Crippen molar-refractivity contribution < 1.29 is 4.39 Å². The van der Waals surface area contributed by atoms with Gasteiger partial charge in [0.1, 0.15) is 5.82 Å². The van der Waals surface area contributed by atoms with E-state index < -0.39 is 0 Å². The topological polar surface area (TPSA) is 0 Å². The van der Waals surface area contributed by atoms with Crippen LogP contribution in [0.2, 0.25) is 0 Å². The maximum atomic E-state index is 14.0. The number of aryl methyl sites for hydroxylation is 3. The van der Waals surface area contributed by atoms with Crippen LogP contribution < -0.4 is 0 Å². The lowest BCUT2D eigenvalue weighted by Gasteiger charge is -2.18. The van der Waals surface area contributed by atoms with Crippen molar-refractivity contribution in [2.24, 2.45) is 0 Å². The SMILES string of the molecule is CCCCc1ccc(C2=Cc3cc(F)c(CC)cc3CC2)cc1. The Kier molecular flexibility index (Phi) is 4.95. The summed E-state index contributed by atoms with van der Waals surface area (Å²) in [5, 5.41) is 0. The molecule has 0 amide bonds. The van der Waals surface area contributed by atoms with Crippen LogP contribution in [0, 0.1) is 5.82 Å². The van der Waals surface area contributed by atoms with Crippen LogP contribution in [0.4, 0.5) is 4.39 Å². The summed E-state index contributed by atoms with van der Waals surface area (Å²) < 4.78 is 14.0. The fourth-order valence-electron chi connectivity index (χ4n) is 3.33. The molecule has 0 unspecified atom stereocenters. The maximum absolute atomic E-state index is 14.0. The van der Waals surface area contributed by atoms with E-state index in [-0.39, 0.29) is 5.82 Å². The lowest BCUT2D eigenvalue weighted by molar-refractivity contribution is 0.610. The lowest BCUT2D eigenvalue weighted by Crippen LogP contribution is -2.02. The molecule has 0 nitrogen and oxygen atoms in total. The quantitative estimate of drug-likeness (QED) is 0.615. The van der Waals surface area contributed by atoms with E-state index in [1.807, 2.05) is 13.0 Å². The molecule has 120 valence electrons. The number of hydrogen-bond donors (Lipinski definition) is 0. The number of hydrogen-bond acceptors (Lipinski definition) is 0. The summed E-state index contributed by atoms with van der Waals surface area (Å²) in [5.74, 6) is -0.0707. The molecule has 0 spiro atoms. The van der Waals surface area contributed by atoms with Gasteiger partial charge in [-0.25, -0.2) is 4.39 Å². The minimum absolute atomic E-state index is 0.0707. The van der Waals surface area contributed by atoms with E-state index in [1.54, 1.807) is 6.07 Å². The van der Waals surface area contributed by atoms with E-state index in [2.05, 4.69) is 37.3 Å². The average Bonchev–Trinajstić information content (AvgIpc) is 2.59. The van der Waals surface area contributed by atoms with Gasteiger partial charge in [-0.3, -0.25) is 0 Å². The molecule has 0 bridgehead atoms. The first kappa shape index (κ1) is 16.0. The third-order valence-electron chi connectivity index (χ3n) is 4.83. The number of rotatable bonds is 5. The fourth-order valence-corrected chi connectivity index (χ4v) is 3.33. The Morgan fingerprint density at radius 1 is 1.00 bits per heavy atom. The third-order valence-corrected chi connectivity index (χ3v) is 4.83. The van der Waals surface area contributed by atoms with E-state index in [9.17, 15) is 4.39 Å². The molecule has 2 aromatic carbocycles. The molecule has 0 saturated heterocycles. The molecule has 0 aliphatic heterocycles. The van der Waals surface area contributed by atoms with Crippen LogP contribution in [0.5, 0.6) is 0 Å². The van der Waals surface area contributed by atoms with Gasteiger partial charge in [0.25, 0.3) is 0 Å². The number of halogens is 1. The highest BCUT2D eigenvalue weighted by atomic mass is 19.1. The minimum Gasteiger partial charge on any atom is -0.207 e. The van der Waals surface area contributed by atoms with Gasteiger partial charge in [0.15, 0.2) is 0 Å². The van der Waals surface area contributed by atoms with Crippen LogP contribution >= 0.6 is 0 Å². The molecule has 3 rings (SSSR count). The van der Waals surface area contributed by atoms with Gasteiger partial charge in [0.05, 0.1) is 0 Å². The number of unbranched alkanes of at least 4 members (excludes halogenated alkanes) is 1. The van der Waals surface area contributed by atoms with Crippen LogP contribution in [0.1, 0.15) is 60.9 Å². The molecule has 0 atom stereocenters. The Morgan fingerprint density at radius 3 is 2.48 bits per heavy atom. The van der Waals surface area contributed by atoms with Crippen LogP contribution in [0.25, 0.3) is 11.6 Å². The van der Waals surface area contributed by atoms with Crippen molar-refractivity contribution in [1.82, 2.24) is 0 Å². The Balaban J connectivity index is 1.85. The van der Waals surface area contributed by atoms with Crippen molar-refractivity contribution >= 4 is 11.6 Å². The third kappa shape index (κ3) is 3.55. The van der Waals surface area contributed by atoms with Crippen molar-refractivity contribution in [3.05, 3.63) is 70.0 Å². The summed E-state index contributed by atoms with van der Waals surface area (Å²) in [4.78, 5) is 0. The first-order chi connectivity index (χ1) is 11.2. The standard InChI is InChI=1S/C22H25F/c1-3-5-6-16-7-9-18(10-8-16)19-11-12-20-13-17(4-2)22(23)15-21(20)14-19/h7-10,13-15H,3-6,11-12H2,1-2H3. The van der Waals surface area contributed by atoms with E-state index in [0.29, 0.717) is 0 Å². The highest BCUT2D eigenvalue weighted by molar-refractivity contribution is 5.84. The van der Waals surface area contributed by atoms with Crippen molar-refractivity contribution in [3.8, 4) is 0 Å². The molecule has 0 saturated carbocycles. The Bertz CT molecular complexity index is 707. The van der Waals surface area contributed by atoms with Crippen LogP contribution in [0.15, 0.2) is 36.4 Å². The normalized spacial score (nSPS) is 13.6. The second-order valence-electron chi connectivity index (χ2n) is 6.47. The second kappa shape index (κ2) is 7.12. The molecule has 0 N–H and O–H groups in total. The van der Waals surface area contributed by atoms with E-state index in [1.165, 1.54) is 35.1 Å². The molecule has 1 aliphatic carbocycles. The molecular weight excluding hydrogens is 283 g/mol. The van der Waals surface area contributed by atoms with Gasteiger partial charge in [0.2, 0.25) is 0 Å². The molecule has 1 heteroatoms. The average molecular weight is 308 g/mol. The molecular formula is C22H25F. The smallest absolute Gasteiger partial charge is 0.127 e. The largest absolute Gasteiger partial charge is 0.207 e. The Hall–Kier alpha value is -1.89. The molecule has 0 heterocycles. The van der Waals surface area contributed by atoms with Crippen LogP contribution in [0.3, 0.4) is 0 Å². The summed E-state index contributed by atoms with van der Waals surface area (Å²) in [6.07, 6.45) is 8.60. The monoisotopic (exact) mass is 308 g/mol.